The van der Waals surface area contributed by atoms with Crippen molar-refractivity contribution in [1.82, 2.24) is 19.9 Å². The smallest absolute Gasteiger partial charge is 0.266 e. The molecule has 144 valence electrons. The number of aryl methyl sites for hydroxylation is 1. The van der Waals surface area contributed by atoms with E-state index >= 15 is 0 Å². The number of carbonyl (C=O) groups excluding carboxylic acids is 1. The Kier molecular flexibility index (Phi) is 4.27. The Labute approximate surface area is 167 Å². The lowest BCUT2D eigenvalue weighted by atomic mass is 10.2. The van der Waals surface area contributed by atoms with Crippen LogP contribution in [0.2, 0.25) is 0 Å². The molecule has 0 bridgehead atoms. The predicted octanol–water partition coefficient (Wildman–Crippen LogP) is 4.43. The van der Waals surface area contributed by atoms with Crippen molar-refractivity contribution in [2.45, 2.75) is 51.6 Å². The van der Waals surface area contributed by atoms with Gasteiger partial charge < -0.3 is 9.32 Å². The second-order valence-corrected chi connectivity index (χ2v) is 8.79. The van der Waals surface area contributed by atoms with E-state index in [1.165, 1.54) is 17.8 Å². The number of nitrogens with zero attached hydrogens (tertiary/aromatic N) is 4. The van der Waals surface area contributed by atoms with Gasteiger partial charge in [-0.2, -0.15) is 0 Å². The highest BCUT2D eigenvalue weighted by Gasteiger charge is 2.38. The zero-order chi connectivity index (χ0) is 19.3. The molecular weight excluding hydrogens is 372 g/mol. The van der Waals surface area contributed by atoms with Crippen LogP contribution in [0.1, 0.15) is 59.0 Å². The zero-order valence-electron chi connectivity index (χ0n) is 16.0. The summed E-state index contributed by atoms with van der Waals surface area (Å²) in [6.07, 6.45) is 6.66. The lowest BCUT2D eigenvalue weighted by Crippen LogP contribution is -2.32. The molecule has 0 radical (unpaired) electrons. The first kappa shape index (κ1) is 17.6. The maximum absolute atomic E-state index is 13.3. The molecule has 3 aromatic rings. The van der Waals surface area contributed by atoms with E-state index in [2.05, 4.69) is 27.9 Å². The fraction of sp³-hybridized carbons (Fsp3) is 0.429. The molecule has 28 heavy (non-hydrogen) atoms. The molecule has 2 aliphatic carbocycles. The summed E-state index contributed by atoms with van der Waals surface area (Å²) >= 11 is 1.37. The minimum absolute atomic E-state index is 0.0254. The molecule has 0 N–H and O–H groups in total. The van der Waals surface area contributed by atoms with Gasteiger partial charge in [0, 0.05) is 24.4 Å². The van der Waals surface area contributed by atoms with Crippen LogP contribution in [0.3, 0.4) is 0 Å². The third-order valence-electron chi connectivity index (χ3n) is 5.48. The Morgan fingerprint density at radius 3 is 2.71 bits per heavy atom. The quantitative estimate of drug-likeness (QED) is 0.618. The van der Waals surface area contributed by atoms with Crippen LogP contribution in [0.4, 0.5) is 0 Å². The highest BCUT2D eigenvalue weighted by atomic mass is 32.1. The highest BCUT2D eigenvalue weighted by molar-refractivity contribution is 7.17. The van der Waals surface area contributed by atoms with Crippen molar-refractivity contribution >= 4 is 17.2 Å². The van der Waals surface area contributed by atoms with Crippen LogP contribution in [0.25, 0.3) is 10.8 Å². The summed E-state index contributed by atoms with van der Waals surface area (Å²) < 4.78 is 6.05. The molecule has 7 heteroatoms. The summed E-state index contributed by atoms with van der Waals surface area (Å²) in [6, 6.07) is 6.15. The van der Waals surface area contributed by atoms with E-state index in [1.807, 2.05) is 17.9 Å². The van der Waals surface area contributed by atoms with Crippen molar-refractivity contribution in [2.75, 3.05) is 0 Å². The van der Waals surface area contributed by atoms with Gasteiger partial charge in [0.1, 0.15) is 16.4 Å². The Morgan fingerprint density at radius 1 is 1.29 bits per heavy atom. The first-order valence-electron chi connectivity index (χ1n) is 9.74. The standard InChI is InChI=1S/C21H22N4O2S/c1-12-10-16(12)17-7-6-15(27-17)11-25(14-4-5-14)21(26)18-13(2)24-20(28-18)19-22-8-3-9-23-19/h3,6-9,12,14,16H,4-5,10-11H2,1-2H3. The van der Waals surface area contributed by atoms with E-state index in [-0.39, 0.29) is 5.91 Å². The van der Waals surface area contributed by atoms with Crippen molar-refractivity contribution in [2.24, 2.45) is 5.92 Å². The molecule has 3 heterocycles. The van der Waals surface area contributed by atoms with Gasteiger partial charge in [0.05, 0.1) is 12.2 Å². The van der Waals surface area contributed by atoms with Crippen LogP contribution in [-0.2, 0) is 6.54 Å². The van der Waals surface area contributed by atoms with Crippen molar-refractivity contribution < 1.29 is 9.21 Å². The van der Waals surface area contributed by atoms with Gasteiger partial charge in [-0.25, -0.2) is 15.0 Å². The normalized spacial score (nSPS) is 20.9. The Bertz CT molecular complexity index is 1010. The van der Waals surface area contributed by atoms with Crippen molar-refractivity contribution in [3.8, 4) is 10.8 Å². The number of hydrogen-bond acceptors (Lipinski definition) is 6. The van der Waals surface area contributed by atoms with Crippen molar-refractivity contribution in [3.05, 3.63) is 52.7 Å². The van der Waals surface area contributed by atoms with Gasteiger partial charge in [-0.15, -0.1) is 11.3 Å². The van der Waals surface area contributed by atoms with E-state index in [0.29, 0.717) is 40.1 Å². The molecule has 2 atom stereocenters. The number of aromatic nitrogens is 3. The maximum atomic E-state index is 13.3. The van der Waals surface area contributed by atoms with Gasteiger partial charge in [-0.3, -0.25) is 4.79 Å². The number of thiazole rings is 1. The van der Waals surface area contributed by atoms with Gasteiger partial charge in [-0.05, 0) is 50.3 Å². The molecule has 2 aliphatic rings. The number of hydrogen-bond donors (Lipinski definition) is 0. The fourth-order valence-electron chi connectivity index (χ4n) is 3.55. The molecule has 0 spiro atoms. The van der Waals surface area contributed by atoms with Crippen LogP contribution in [0.15, 0.2) is 35.0 Å². The summed E-state index contributed by atoms with van der Waals surface area (Å²) in [5.41, 5.74) is 0.732. The van der Waals surface area contributed by atoms with Crippen molar-refractivity contribution in [3.63, 3.8) is 0 Å². The summed E-state index contributed by atoms with van der Waals surface area (Å²) in [6.45, 7) is 4.63. The number of amides is 1. The van der Waals surface area contributed by atoms with E-state index in [0.717, 1.165) is 30.1 Å². The largest absolute Gasteiger partial charge is 0.464 e. The van der Waals surface area contributed by atoms with Crippen molar-refractivity contribution in [1.29, 1.82) is 0 Å². The van der Waals surface area contributed by atoms with E-state index in [1.54, 1.807) is 18.5 Å². The van der Waals surface area contributed by atoms with Crippen LogP contribution >= 0.6 is 11.3 Å². The monoisotopic (exact) mass is 394 g/mol. The van der Waals surface area contributed by atoms with Crippen LogP contribution in [-0.4, -0.2) is 31.8 Å². The number of furan rings is 1. The Morgan fingerprint density at radius 2 is 2.04 bits per heavy atom. The molecule has 1 amide bonds. The molecule has 2 saturated carbocycles. The average Bonchev–Trinajstić information content (AvgIpc) is 3.59. The fourth-order valence-corrected chi connectivity index (χ4v) is 4.52. The molecule has 3 aromatic heterocycles. The summed E-state index contributed by atoms with van der Waals surface area (Å²) in [5.74, 6) is 3.76. The molecule has 5 rings (SSSR count). The highest BCUT2D eigenvalue weighted by Crippen LogP contribution is 2.47. The summed E-state index contributed by atoms with van der Waals surface area (Å²) in [5, 5.41) is 0.681. The van der Waals surface area contributed by atoms with Crippen LogP contribution in [0.5, 0.6) is 0 Å². The molecule has 0 aromatic carbocycles. The number of rotatable bonds is 6. The zero-order valence-corrected chi connectivity index (χ0v) is 16.8. The molecule has 0 aliphatic heterocycles. The lowest BCUT2D eigenvalue weighted by molar-refractivity contribution is 0.0720. The molecule has 2 unspecified atom stereocenters. The minimum Gasteiger partial charge on any atom is -0.464 e. The van der Waals surface area contributed by atoms with E-state index in [9.17, 15) is 4.79 Å². The molecule has 2 fully saturated rings. The summed E-state index contributed by atoms with van der Waals surface area (Å²) in [7, 11) is 0. The third kappa shape index (κ3) is 3.35. The van der Waals surface area contributed by atoms with Gasteiger partial charge >= 0.3 is 0 Å². The SMILES string of the molecule is Cc1nc(-c2ncccn2)sc1C(=O)N(Cc1ccc(C2CC2C)o1)C1CC1. The van der Waals surface area contributed by atoms with E-state index < -0.39 is 0 Å². The second-order valence-electron chi connectivity index (χ2n) is 7.79. The van der Waals surface area contributed by atoms with Gasteiger partial charge in [0.15, 0.2) is 10.8 Å². The maximum Gasteiger partial charge on any atom is 0.266 e. The van der Waals surface area contributed by atoms with Gasteiger partial charge in [0.25, 0.3) is 5.91 Å². The molecule has 6 nitrogen and oxygen atoms in total. The Hall–Kier alpha value is -2.54. The third-order valence-corrected chi connectivity index (χ3v) is 6.62. The lowest BCUT2D eigenvalue weighted by Gasteiger charge is -2.20. The predicted molar refractivity (Wildman–Crippen MR) is 106 cm³/mol. The topological polar surface area (TPSA) is 72.1 Å². The van der Waals surface area contributed by atoms with Gasteiger partial charge in [-0.1, -0.05) is 6.92 Å². The second kappa shape index (κ2) is 6.81. The average molecular weight is 395 g/mol. The number of carbonyl (C=O) groups is 1. The Balaban J connectivity index is 1.38. The molecular formula is C21H22N4O2S. The summed E-state index contributed by atoms with van der Waals surface area (Å²) in [4.78, 5) is 29.0. The first-order valence-corrected chi connectivity index (χ1v) is 10.6. The van der Waals surface area contributed by atoms with Crippen LogP contribution in [0, 0.1) is 12.8 Å². The van der Waals surface area contributed by atoms with E-state index in [4.69, 9.17) is 4.42 Å². The minimum atomic E-state index is 0.0254. The first-order chi connectivity index (χ1) is 13.6. The van der Waals surface area contributed by atoms with Crippen LogP contribution < -0.4 is 0 Å². The van der Waals surface area contributed by atoms with Gasteiger partial charge in [0.2, 0.25) is 0 Å². The molecule has 0 saturated heterocycles.